The molecule has 1 aromatic carbocycles. The van der Waals surface area contributed by atoms with E-state index in [1.165, 1.54) is 14.2 Å². The maximum atomic E-state index is 12.8. The predicted octanol–water partition coefficient (Wildman–Crippen LogP) is 4.67. The highest BCUT2D eigenvalue weighted by Gasteiger charge is 2.35. The van der Waals surface area contributed by atoms with Crippen molar-refractivity contribution < 1.29 is 18.4 Å². The SMILES string of the molecule is C=CC[C@H](C(=O)CP(=O)(OC)OC)[C@H](c1ccccc1)C(C)C. The molecule has 0 saturated carbocycles. The molecule has 0 radical (unpaired) electrons. The van der Waals surface area contributed by atoms with Gasteiger partial charge >= 0.3 is 7.60 Å². The summed E-state index contributed by atoms with van der Waals surface area (Å²) < 4.78 is 22.1. The van der Waals surface area contributed by atoms with Crippen molar-refractivity contribution in [2.45, 2.75) is 26.2 Å². The van der Waals surface area contributed by atoms with E-state index in [9.17, 15) is 9.36 Å². The third-order valence-corrected chi connectivity index (χ3v) is 5.89. The maximum Gasteiger partial charge on any atom is 0.337 e. The van der Waals surface area contributed by atoms with Gasteiger partial charge in [-0.1, -0.05) is 50.3 Å². The quantitative estimate of drug-likeness (QED) is 0.459. The van der Waals surface area contributed by atoms with Crippen LogP contribution in [0.15, 0.2) is 43.0 Å². The van der Waals surface area contributed by atoms with E-state index in [-0.39, 0.29) is 29.7 Å². The van der Waals surface area contributed by atoms with Crippen molar-refractivity contribution >= 4 is 13.4 Å². The highest BCUT2D eigenvalue weighted by atomic mass is 31.2. The Hall–Kier alpha value is -1.22. The van der Waals surface area contributed by atoms with Gasteiger partial charge in [-0.3, -0.25) is 9.36 Å². The van der Waals surface area contributed by atoms with Gasteiger partial charge < -0.3 is 9.05 Å². The molecule has 0 spiro atoms. The van der Waals surface area contributed by atoms with Crippen LogP contribution in [0.1, 0.15) is 31.7 Å². The van der Waals surface area contributed by atoms with E-state index in [1.807, 2.05) is 30.3 Å². The fraction of sp³-hybridized carbons (Fsp3) is 0.500. The first-order valence-corrected chi connectivity index (χ1v) is 9.50. The van der Waals surface area contributed by atoms with Crippen LogP contribution >= 0.6 is 7.60 Å². The topological polar surface area (TPSA) is 52.6 Å². The molecule has 0 bridgehead atoms. The van der Waals surface area contributed by atoms with Gasteiger partial charge in [0, 0.05) is 20.1 Å². The van der Waals surface area contributed by atoms with E-state index in [0.717, 1.165) is 5.56 Å². The molecule has 0 heterocycles. The number of Topliss-reactive ketones (excluding diaryl/α,β-unsaturated/α-hetero) is 1. The van der Waals surface area contributed by atoms with Crippen molar-refractivity contribution in [1.82, 2.24) is 0 Å². The number of allylic oxidation sites excluding steroid dienone is 1. The summed E-state index contributed by atoms with van der Waals surface area (Å²) in [5, 5.41) is 0. The lowest BCUT2D eigenvalue weighted by molar-refractivity contribution is -0.121. The number of rotatable bonds is 10. The minimum atomic E-state index is -3.36. The van der Waals surface area contributed by atoms with Gasteiger partial charge in [0.1, 0.15) is 11.9 Å². The largest absolute Gasteiger partial charge is 0.337 e. The van der Waals surface area contributed by atoms with Crippen LogP contribution in [-0.2, 0) is 18.4 Å². The second kappa shape index (κ2) is 9.17. The smallest absolute Gasteiger partial charge is 0.312 e. The van der Waals surface area contributed by atoms with E-state index in [1.54, 1.807) is 6.08 Å². The zero-order valence-electron chi connectivity index (χ0n) is 14.4. The Morgan fingerprint density at radius 3 is 2.22 bits per heavy atom. The lowest BCUT2D eigenvalue weighted by atomic mass is 9.75. The summed E-state index contributed by atoms with van der Waals surface area (Å²) in [5.41, 5.74) is 1.10. The van der Waals surface area contributed by atoms with Gasteiger partial charge in [0.05, 0.1) is 0 Å². The third-order valence-electron chi connectivity index (χ3n) is 4.08. The molecule has 1 aromatic rings. The molecule has 4 nitrogen and oxygen atoms in total. The first kappa shape index (κ1) is 19.8. The van der Waals surface area contributed by atoms with Crippen molar-refractivity contribution in [2.75, 3.05) is 20.4 Å². The molecule has 1 rings (SSSR count). The fourth-order valence-electron chi connectivity index (χ4n) is 2.93. The summed E-state index contributed by atoms with van der Waals surface area (Å²) in [6.07, 6.45) is 2.06. The number of carbonyl (C=O) groups excluding carboxylic acids is 1. The van der Waals surface area contributed by atoms with Crippen LogP contribution in [0.4, 0.5) is 0 Å². The fourth-order valence-corrected chi connectivity index (χ4v) is 3.95. The Morgan fingerprint density at radius 1 is 1.22 bits per heavy atom. The summed E-state index contributed by atoms with van der Waals surface area (Å²) >= 11 is 0. The molecule has 0 N–H and O–H groups in total. The van der Waals surface area contributed by atoms with Gasteiger partial charge in [-0.05, 0) is 23.8 Å². The zero-order chi connectivity index (χ0) is 17.5. The van der Waals surface area contributed by atoms with E-state index in [0.29, 0.717) is 6.42 Å². The number of hydrogen-bond acceptors (Lipinski definition) is 4. The summed E-state index contributed by atoms with van der Waals surface area (Å²) in [4.78, 5) is 12.8. The Balaban J connectivity index is 3.13. The molecular formula is C18H27O4P. The van der Waals surface area contributed by atoms with Gasteiger partial charge in [0.15, 0.2) is 0 Å². The molecule has 0 aliphatic heterocycles. The number of benzene rings is 1. The molecule has 0 saturated heterocycles. The van der Waals surface area contributed by atoms with Crippen LogP contribution in [0.5, 0.6) is 0 Å². The number of ketones is 1. The molecular weight excluding hydrogens is 311 g/mol. The average Bonchev–Trinajstić information content (AvgIpc) is 2.54. The average molecular weight is 338 g/mol. The van der Waals surface area contributed by atoms with Gasteiger partial charge in [0.25, 0.3) is 0 Å². The highest BCUT2D eigenvalue weighted by molar-refractivity contribution is 7.54. The van der Waals surface area contributed by atoms with Crippen molar-refractivity contribution in [2.24, 2.45) is 11.8 Å². The lowest BCUT2D eigenvalue weighted by Gasteiger charge is -2.30. The highest BCUT2D eigenvalue weighted by Crippen LogP contribution is 2.48. The van der Waals surface area contributed by atoms with Crippen LogP contribution < -0.4 is 0 Å². The van der Waals surface area contributed by atoms with Crippen molar-refractivity contribution in [3.05, 3.63) is 48.6 Å². The predicted molar refractivity (Wildman–Crippen MR) is 93.8 cm³/mol. The first-order chi connectivity index (χ1) is 10.9. The van der Waals surface area contributed by atoms with E-state index >= 15 is 0 Å². The second-order valence-corrected chi connectivity index (χ2v) is 8.18. The van der Waals surface area contributed by atoms with Gasteiger partial charge in [-0.2, -0.15) is 0 Å². The maximum absolute atomic E-state index is 12.8. The van der Waals surface area contributed by atoms with Gasteiger partial charge in [0.2, 0.25) is 0 Å². The molecule has 23 heavy (non-hydrogen) atoms. The van der Waals surface area contributed by atoms with E-state index in [4.69, 9.17) is 9.05 Å². The van der Waals surface area contributed by atoms with Crippen molar-refractivity contribution in [1.29, 1.82) is 0 Å². The van der Waals surface area contributed by atoms with E-state index in [2.05, 4.69) is 20.4 Å². The van der Waals surface area contributed by atoms with Crippen LogP contribution in [-0.4, -0.2) is 26.2 Å². The molecule has 0 aromatic heterocycles. The second-order valence-electron chi connectivity index (χ2n) is 5.91. The number of carbonyl (C=O) groups is 1. The lowest BCUT2D eigenvalue weighted by Crippen LogP contribution is -2.28. The molecule has 0 fully saturated rings. The molecule has 0 amide bonds. The first-order valence-electron chi connectivity index (χ1n) is 7.77. The van der Waals surface area contributed by atoms with Crippen molar-refractivity contribution in [3.63, 3.8) is 0 Å². The molecule has 5 heteroatoms. The monoisotopic (exact) mass is 338 g/mol. The summed E-state index contributed by atoms with van der Waals surface area (Å²) in [6, 6.07) is 9.94. The Kier molecular flexibility index (Phi) is 7.90. The van der Waals surface area contributed by atoms with Crippen LogP contribution in [0, 0.1) is 11.8 Å². The zero-order valence-corrected chi connectivity index (χ0v) is 15.3. The third kappa shape index (κ3) is 5.42. The minimum absolute atomic E-state index is 0.0314. The van der Waals surface area contributed by atoms with Gasteiger partial charge in [-0.25, -0.2) is 0 Å². The molecule has 0 unspecified atom stereocenters. The standard InChI is InChI=1S/C18H27O4P/c1-6-10-16(17(19)13-23(20,21-4)22-5)18(14(2)3)15-11-8-7-9-12-15/h6-9,11-12,14,16,18H,1,10,13H2,2-5H3/t16-,18+/m1/s1. The molecule has 0 aliphatic carbocycles. The molecule has 128 valence electrons. The van der Waals surface area contributed by atoms with E-state index < -0.39 is 7.60 Å². The van der Waals surface area contributed by atoms with Crippen LogP contribution in [0.2, 0.25) is 0 Å². The summed E-state index contributed by atoms with van der Waals surface area (Å²) in [5.74, 6) is -0.118. The Bertz CT molecular complexity index is 545. The number of hydrogen-bond donors (Lipinski definition) is 0. The van der Waals surface area contributed by atoms with Crippen LogP contribution in [0.3, 0.4) is 0 Å². The minimum Gasteiger partial charge on any atom is -0.312 e. The van der Waals surface area contributed by atoms with Crippen molar-refractivity contribution in [3.8, 4) is 0 Å². The Morgan fingerprint density at radius 2 is 1.78 bits per heavy atom. The summed E-state index contributed by atoms with van der Waals surface area (Å²) in [7, 11) is -0.755. The molecule has 2 atom stereocenters. The normalized spacial score (nSPS) is 14.5. The van der Waals surface area contributed by atoms with Crippen LogP contribution in [0.25, 0.3) is 0 Å². The summed E-state index contributed by atoms with van der Waals surface area (Å²) in [6.45, 7) is 7.95. The Labute approximate surface area is 139 Å². The molecule has 0 aliphatic rings. The van der Waals surface area contributed by atoms with Gasteiger partial charge in [-0.15, -0.1) is 6.58 Å².